The van der Waals surface area contributed by atoms with E-state index in [4.69, 9.17) is 0 Å². The molecule has 0 amide bonds. The van der Waals surface area contributed by atoms with Crippen molar-refractivity contribution >= 4 is 0 Å². The van der Waals surface area contributed by atoms with E-state index in [1.54, 1.807) is 0 Å². The van der Waals surface area contributed by atoms with E-state index in [-0.39, 0.29) is 12.6 Å². The van der Waals surface area contributed by atoms with Gasteiger partial charge >= 0.3 is 0 Å². The lowest BCUT2D eigenvalue weighted by molar-refractivity contribution is 0.238. The molecule has 1 aromatic carbocycles. The minimum atomic E-state index is 0.176. The molecule has 0 aliphatic heterocycles. The van der Waals surface area contributed by atoms with Gasteiger partial charge in [0.2, 0.25) is 0 Å². The highest BCUT2D eigenvalue weighted by Crippen LogP contribution is 2.03. The Morgan fingerprint density at radius 3 is 2.40 bits per heavy atom. The zero-order chi connectivity index (χ0) is 11.1. The number of aliphatic hydroxyl groups is 1. The molecule has 0 aromatic heterocycles. The summed E-state index contributed by atoms with van der Waals surface area (Å²) in [4.78, 5) is 0. The van der Waals surface area contributed by atoms with Crippen LogP contribution in [-0.2, 0) is 6.42 Å². The SMILES string of the molecule is CC(C)CN[C@H](CO)Cc1ccccc1. The topological polar surface area (TPSA) is 32.3 Å². The number of benzene rings is 1. The van der Waals surface area contributed by atoms with E-state index in [0.29, 0.717) is 5.92 Å². The van der Waals surface area contributed by atoms with Crippen molar-refractivity contribution in [3.63, 3.8) is 0 Å². The average molecular weight is 207 g/mol. The molecule has 0 radical (unpaired) electrons. The van der Waals surface area contributed by atoms with Crippen LogP contribution in [-0.4, -0.2) is 24.3 Å². The molecule has 0 heterocycles. The average Bonchev–Trinajstić information content (AvgIpc) is 2.25. The van der Waals surface area contributed by atoms with Crippen LogP contribution in [0.5, 0.6) is 0 Å². The van der Waals surface area contributed by atoms with Crippen molar-refractivity contribution in [3.05, 3.63) is 35.9 Å². The highest BCUT2D eigenvalue weighted by Gasteiger charge is 2.07. The molecule has 15 heavy (non-hydrogen) atoms. The minimum absolute atomic E-state index is 0.176. The molecule has 0 bridgehead atoms. The Morgan fingerprint density at radius 1 is 1.20 bits per heavy atom. The van der Waals surface area contributed by atoms with Crippen LogP contribution in [0, 0.1) is 5.92 Å². The maximum Gasteiger partial charge on any atom is 0.0587 e. The standard InChI is InChI=1S/C13H21NO/c1-11(2)9-14-13(10-15)8-12-6-4-3-5-7-12/h3-7,11,13-15H,8-10H2,1-2H3/t13-/m0/s1. The molecule has 84 valence electrons. The van der Waals surface area contributed by atoms with Crippen molar-refractivity contribution < 1.29 is 5.11 Å². The summed E-state index contributed by atoms with van der Waals surface area (Å²) in [6.07, 6.45) is 0.893. The Morgan fingerprint density at radius 2 is 1.87 bits per heavy atom. The normalized spacial score (nSPS) is 13.1. The third-order valence-electron chi connectivity index (χ3n) is 2.36. The summed E-state index contributed by atoms with van der Waals surface area (Å²) in [6.45, 7) is 5.49. The largest absolute Gasteiger partial charge is 0.395 e. The second-order valence-corrected chi connectivity index (χ2v) is 4.37. The molecule has 0 saturated heterocycles. The lowest BCUT2D eigenvalue weighted by atomic mass is 10.1. The van der Waals surface area contributed by atoms with Crippen molar-refractivity contribution in [2.75, 3.05) is 13.2 Å². The molecule has 0 unspecified atom stereocenters. The molecule has 0 aliphatic carbocycles. The Hall–Kier alpha value is -0.860. The fourth-order valence-corrected chi connectivity index (χ4v) is 1.50. The fraction of sp³-hybridized carbons (Fsp3) is 0.538. The van der Waals surface area contributed by atoms with Crippen molar-refractivity contribution in [2.24, 2.45) is 5.92 Å². The van der Waals surface area contributed by atoms with E-state index in [0.717, 1.165) is 13.0 Å². The first-order valence-electron chi connectivity index (χ1n) is 5.60. The van der Waals surface area contributed by atoms with E-state index in [2.05, 4.69) is 31.3 Å². The molecule has 1 atom stereocenters. The Balaban J connectivity index is 2.40. The van der Waals surface area contributed by atoms with E-state index in [1.807, 2.05) is 18.2 Å². The van der Waals surface area contributed by atoms with Gasteiger partial charge in [-0.1, -0.05) is 44.2 Å². The van der Waals surface area contributed by atoms with Crippen molar-refractivity contribution in [1.82, 2.24) is 5.32 Å². The highest BCUT2D eigenvalue weighted by molar-refractivity contribution is 5.15. The number of aliphatic hydroxyl groups excluding tert-OH is 1. The van der Waals surface area contributed by atoms with Gasteiger partial charge in [0.25, 0.3) is 0 Å². The first-order valence-corrected chi connectivity index (χ1v) is 5.60. The molecule has 1 aromatic rings. The van der Waals surface area contributed by atoms with E-state index in [9.17, 15) is 5.11 Å². The Bertz CT molecular complexity index is 258. The highest BCUT2D eigenvalue weighted by atomic mass is 16.3. The zero-order valence-corrected chi connectivity index (χ0v) is 9.61. The van der Waals surface area contributed by atoms with Crippen molar-refractivity contribution in [2.45, 2.75) is 26.3 Å². The molecule has 0 saturated carbocycles. The van der Waals surface area contributed by atoms with Gasteiger partial charge in [-0.2, -0.15) is 0 Å². The van der Waals surface area contributed by atoms with Gasteiger partial charge in [-0.25, -0.2) is 0 Å². The maximum absolute atomic E-state index is 9.24. The molecular weight excluding hydrogens is 186 g/mol. The number of hydrogen-bond acceptors (Lipinski definition) is 2. The summed E-state index contributed by atoms with van der Waals surface area (Å²) in [5.74, 6) is 0.620. The quantitative estimate of drug-likeness (QED) is 0.746. The predicted molar refractivity (Wildman–Crippen MR) is 63.9 cm³/mol. The van der Waals surface area contributed by atoms with E-state index < -0.39 is 0 Å². The van der Waals surface area contributed by atoms with Gasteiger partial charge < -0.3 is 10.4 Å². The minimum Gasteiger partial charge on any atom is -0.395 e. The fourth-order valence-electron chi connectivity index (χ4n) is 1.50. The number of rotatable bonds is 6. The lowest BCUT2D eigenvalue weighted by Gasteiger charge is -2.17. The van der Waals surface area contributed by atoms with Gasteiger partial charge in [0.1, 0.15) is 0 Å². The third kappa shape index (κ3) is 4.96. The molecule has 0 spiro atoms. The lowest BCUT2D eigenvalue weighted by Crippen LogP contribution is -2.36. The monoisotopic (exact) mass is 207 g/mol. The van der Waals surface area contributed by atoms with Gasteiger partial charge in [0.05, 0.1) is 6.61 Å². The van der Waals surface area contributed by atoms with E-state index in [1.165, 1.54) is 5.56 Å². The van der Waals surface area contributed by atoms with Gasteiger partial charge in [-0.3, -0.25) is 0 Å². The number of hydrogen-bond donors (Lipinski definition) is 2. The van der Waals surface area contributed by atoms with Crippen LogP contribution in [0.3, 0.4) is 0 Å². The predicted octanol–water partition coefficient (Wildman–Crippen LogP) is 1.84. The van der Waals surface area contributed by atoms with E-state index >= 15 is 0 Å². The van der Waals surface area contributed by atoms with Gasteiger partial charge in [-0.15, -0.1) is 0 Å². The van der Waals surface area contributed by atoms with Gasteiger partial charge in [-0.05, 0) is 24.4 Å². The summed E-state index contributed by atoms with van der Waals surface area (Å²) < 4.78 is 0. The molecule has 2 N–H and O–H groups in total. The van der Waals surface area contributed by atoms with Crippen LogP contribution in [0.4, 0.5) is 0 Å². The second-order valence-electron chi connectivity index (χ2n) is 4.37. The van der Waals surface area contributed by atoms with Crippen LogP contribution in [0.15, 0.2) is 30.3 Å². The molecule has 0 aliphatic rings. The van der Waals surface area contributed by atoms with Crippen LogP contribution < -0.4 is 5.32 Å². The van der Waals surface area contributed by atoms with Crippen LogP contribution in [0.25, 0.3) is 0 Å². The summed E-state index contributed by atoms with van der Waals surface area (Å²) in [5, 5.41) is 12.6. The smallest absolute Gasteiger partial charge is 0.0587 e. The maximum atomic E-state index is 9.24. The Labute approximate surface area is 92.3 Å². The van der Waals surface area contributed by atoms with Crippen molar-refractivity contribution in [1.29, 1.82) is 0 Å². The van der Waals surface area contributed by atoms with Gasteiger partial charge in [0, 0.05) is 6.04 Å². The van der Waals surface area contributed by atoms with Gasteiger partial charge in [0.15, 0.2) is 0 Å². The first-order chi connectivity index (χ1) is 7.22. The van der Waals surface area contributed by atoms with Crippen molar-refractivity contribution in [3.8, 4) is 0 Å². The molecule has 2 nitrogen and oxygen atoms in total. The van der Waals surface area contributed by atoms with Crippen LogP contribution in [0.2, 0.25) is 0 Å². The number of nitrogens with one attached hydrogen (secondary N) is 1. The van der Waals surface area contributed by atoms with Crippen LogP contribution >= 0.6 is 0 Å². The summed E-state index contributed by atoms with van der Waals surface area (Å²) in [6, 6.07) is 10.5. The summed E-state index contributed by atoms with van der Waals surface area (Å²) >= 11 is 0. The molecule has 2 heteroatoms. The summed E-state index contributed by atoms with van der Waals surface area (Å²) in [7, 11) is 0. The van der Waals surface area contributed by atoms with Crippen LogP contribution in [0.1, 0.15) is 19.4 Å². The molecule has 1 rings (SSSR count). The second kappa shape index (κ2) is 6.59. The third-order valence-corrected chi connectivity index (χ3v) is 2.36. The first kappa shape index (κ1) is 12.2. The Kier molecular flexibility index (Phi) is 5.37. The summed E-state index contributed by atoms with van der Waals surface area (Å²) in [5.41, 5.74) is 1.27. The molecule has 0 fully saturated rings. The molecular formula is C13H21NO. The zero-order valence-electron chi connectivity index (χ0n) is 9.61.